The molecule has 1 aromatic carbocycles. The van der Waals surface area contributed by atoms with Gasteiger partial charge < -0.3 is 10.6 Å². The number of allylic oxidation sites excluding steroid dienone is 1. The minimum Gasteiger partial charge on any atom is -0.338 e. The zero-order chi connectivity index (χ0) is 18.1. The highest BCUT2D eigenvalue weighted by Crippen LogP contribution is 2.19. The monoisotopic (exact) mass is 365 g/mol. The summed E-state index contributed by atoms with van der Waals surface area (Å²) >= 11 is 0. The van der Waals surface area contributed by atoms with E-state index in [9.17, 15) is 13.2 Å². The Morgan fingerprint density at radius 3 is 2.48 bits per heavy atom. The second-order valence-electron chi connectivity index (χ2n) is 6.24. The topological polar surface area (TPSA) is 87.3 Å². The first-order chi connectivity index (χ1) is 12.0. The van der Waals surface area contributed by atoms with Gasteiger partial charge in [-0.25, -0.2) is 13.2 Å². The van der Waals surface area contributed by atoms with Gasteiger partial charge in [0.15, 0.2) is 0 Å². The predicted molar refractivity (Wildman–Crippen MR) is 102 cm³/mol. The molecule has 2 rings (SSSR count). The molecule has 0 fully saturated rings. The van der Waals surface area contributed by atoms with Gasteiger partial charge in [0.1, 0.15) is 0 Å². The maximum Gasteiger partial charge on any atom is 0.319 e. The van der Waals surface area contributed by atoms with E-state index in [2.05, 4.69) is 21.4 Å². The van der Waals surface area contributed by atoms with Crippen molar-refractivity contribution in [3.05, 3.63) is 35.9 Å². The first kappa shape index (κ1) is 19.3. The molecule has 6 nitrogen and oxygen atoms in total. The van der Waals surface area contributed by atoms with Crippen LogP contribution >= 0.6 is 0 Å². The van der Waals surface area contributed by atoms with Crippen molar-refractivity contribution in [3.8, 4) is 0 Å². The second-order valence-corrected chi connectivity index (χ2v) is 8.08. The normalized spacial score (nSPS) is 14.5. The van der Waals surface area contributed by atoms with Gasteiger partial charge in [0.05, 0.1) is 5.75 Å². The third kappa shape index (κ3) is 7.17. The molecule has 0 saturated carbocycles. The van der Waals surface area contributed by atoms with Gasteiger partial charge in [-0.1, -0.05) is 18.6 Å². The fourth-order valence-corrected chi connectivity index (χ4v) is 3.90. The first-order valence-electron chi connectivity index (χ1n) is 8.82. The largest absolute Gasteiger partial charge is 0.338 e. The molecule has 25 heavy (non-hydrogen) atoms. The van der Waals surface area contributed by atoms with Crippen molar-refractivity contribution in [2.75, 3.05) is 22.3 Å². The van der Waals surface area contributed by atoms with Gasteiger partial charge in [-0.05, 0) is 62.8 Å². The summed E-state index contributed by atoms with van der Waals surface area (Å²) in [6.07, 6.45) is 8.53. The van der Waals surface area contributed by atoms with E-state index in [1.54, 1.807) is 24.3 Å². The number of anilines is 2. The summed E-state index contributed by atoms with van der Waals surface area (Å²) in [5, 5.41) is 5.59. The van der Waals surface area contributed by atoms with E-state index in [-0.39, 0.29) is 11.8 Å². The Morgan fingerprint density at radius 2 is 1.84 bits per heavy atom. The number of carbonyl (C=O) groups is 1. The molecular formula is C18H27N3O3S. The lowest BCUT2D eigenvalue weighted by atomic mass is 9.97. The van der Waals surface area contributed by atoms with E-state index >= 15 is 0 Å². The lowest BCUT2D eigenvalue weighted by molar-refractivity contribution is 0.252. The van der Waals surface area contributed by atoms with Gasteiger partial charge in [-0.15, -0.1) is 0 Å². The smallest absolute Gasteiger partial charge is 0.319 e. The molecule has 0 saturated heterocycles. The Morgan fingerprint density at radius 1 is 1.12 bits per heavy atom. The summed E-state index contributed by atoms with van der Waals surface area (Å²) in [7, 11) is -3.30. The third-order valence-corrected chi connectivity index (χ3v) is 5.50. The number of urea groups is 1. The maximum atomic E-state index is 11.9. The van der Waals surface area contributed by atoms with Crippen LogP contribution < -0.4 is 15.4 Å². The molecule has 0 atom stereocenters. The van der Waals surface area contributed by atoms with E-state index in [4.69, 9.17) is 0 Å². The molecule has 0 aliphatic heterocycles. The number of sulfonamides is 1. The van der Waals surface area contributed by atoms with E-state index in [1.807, 2.05) is 6.92 Å². The quantitative estimate of drug-likeness (QED) is 0.612. The molecule has 0 spiro atoms. The first-order valence-corrected chi connectivity index (χ1v) is 10.5. The van der Waals surface area contributed by atoms with Crippen LogP contribution in [0.4, 0.5) is 16.2 Å². The zero-order valence-electron chi connectivity index (χ0n) is 14.7. The summed E-state index contributed by atoms with van der Waals surface area (Å²) in [6, 6.07) is 6.36. The second kappa shape index (κ2) is 9.46. The Balaban J connectivity index is 1.76. The van der Waals surface area contributed by atoms with Crippen LogP contribution in [0.2, 0.25) is 0 Å². The highest BCUT2D eigenvalue weighted by Gasteiger charge is 2.09. The average molecular weight is 365 g/mol. The zero-order valence-corrected chi connectivity index (χ0v) is 15.5. The van der Waals surface area contributed by atoms with Crippen molar-refractivity contribution in [1.82, 2.24) is 5.32 Å². The van der Waals surface area contributed by atoms with Gasteiger partial charge in [0, 0.05) is 17.9 Å². The number of benzene rings is 1. The van der Waals surface area contributed by atoms with Gasteiger partial charge >= 0.3 is 6.03 Å². The minimum absolute atomic E-state index is 0.0891. The number of amides is 2. The van der Waals surface area contributed by atoms with Crippen LogP contribution in [0.25, 0.3) is 0 Å². The molecule has 0 bridgehead atoms. The molecule has 2 amide bonds. The van der Waals surface area contributed by atoms with E-state index < -0.39 is 10.0 Å². The highest BCUT2D eigenvalue weighted by molar-refractivity contribution is 7.92. The Hall–Kier alpha value is -2.02. The summed E-state index contributed by atoms with van der Waals surface area (Å²) in [4.78, 5) is 11.9. The van der Waals surface area contributed by atoms with Crippen LogP contribution in [0.3, 0.4) is 0 Å². The van der Waals surface area contributed by atoms with E-state index in [0.29, 0.717) is 24.3 Å². The Kier molecular flexibility index (Phi) is 7.31. The van der Waals surface area contributed by atoms with Crippen molar-refractivity contribution in [2.45, 2.75) is 45.4 Å². The molecule has 1 aliphatic rings. The maximum absolute atomic E-state index is 11.9. The molecule has 0 heterocycles. The Labute approximate surface area is 150 Å². The van der Waals surface area contributed by atoms with Crippen molar-refractivity contribution in [2.24, 2.45) is 0 Å². The van der Waals surface area contributed by atoms with Crippen molar-refractivity contribution < 1.29 is 13.2 Å². The predicted octanol–water partition coefficient (Wildman–Crippen LogP) is 3.85. The molecule has 0 aromatic heterocycles. The molecule has 1 aromatic rings. The number of nitrogens with one attached hydrogen (secondary N) is 3. The van der Waals surface area contributed by atoms with E-state index in [1.165, 1.54) is 18.4 Å². The molecule has 0 radical (unpaired) electrons. The summed E-state index contributed by atoms with van der Waals surface area (Å²) in [6.45, 7) is 2.43. The van der Waals surface area contributed by atoms with Crippen molar-refractivity contribution in [1.29, 1.82) is 0 Å². The van der Waals surface area contributed by atoms with Crippen LogP contribution in [-0.2, 0) is 10.0 Å². The van der Waals surface area contributed by atoms with Gasteiger partial charge in [-0.3, -0.25) is 4.72 Å². The fraction of sp³-hybridized carbons (Fsp3) is 0.500. The van der Waals surface area contributed by atoms with Crippen LogP contribution in [0.5, 0.6) is 0 Å². The lowest BCUT2D eigenvalue weighted by Gasteiger charge is -2.13. The lowest BCUT2D eigenvalue weighted by Crippen LogP contribution is -2.29. The van der Waals surface area contributed by atoms with Crippen LogP contribution in [0.1, 0.15) is 45.4 Å². The van der Waals surface area contributed by atoms with Gasteiger partial charge in [0.25, 0.3) is 0 Å². The Bertz CT molecular complexity index is 697. The van der Waals surface area contributed by atoms with Crippen LogP contribution in [0.15, 0.2) is 35.9 Å². The molecule has 138 valence electrons. The SMILES string of the molecule is CCCS(=O)(=O)Nc1ccc(NC(=O)NCCC2=CCCCC2)cc1. The summed E-state index contributed by atoms with van der Waals surface area (Å²) in [5.41, 5.74) is 2.53. The number of rotatable bonds is 8. The number of hydrogen-bond acceptors (Lipinski definition) is 3. The van der Waals surface area contributed by atoms with Crippen molar-refractivity contribution in [3.63, 3.8) is 0 Å². The molecule has 1 aliphatic carbocycles. The minimum atomic E-state index is -3.30. The van der Waals surface area contributed by atoms with E-state index in [0.717, 1.165) is 19.3 Å². The molecular weight excluding hydrogens is 338 g/mol. The van der Waals surface area contributed by atoms with Gasteiger partial charge in [0.2, 0.25) is 10.0 Å². The molecule has 7 heteroatoms. The number of carbonyl (C=O) groups excluding carboxylic acids is 1. The van der Waals surface area contributed by atoms with Crippen molar-refractivity contribution >= 4 is 27.4 Å². The summed E-state index contributed by atoms with van der Waals surface area (Å²) in [5.74, 6) is 0.0891. The van der Waals surface area contributed by atoms with Crippen LogP contribution in [-0.4, -0.2) is 26.7 Å². The third-order valence-electron chi connectivity index (χ3n) is 4.01. The van der Waals surface area contributed by atoms with Crippen LogP contribution in [0, 0.1) is 0 Å². The fourth-order valence-electron chi connectivity index (χ4n) is 2.76. The van der Waals surface area contributed by atoms with Gasteiger partial charge in [-0.2, -0.15) is 0 Å². The highest BCUT2D eigenvalue weighted by atomic mass is 32.2. The average Bonchev–Trinajstić information content (AvgIpc) is 2.57. The standard InChI is InChI=1S/C18H27N3O3S/c1-2-14-25(23,24)21-17-10-8-16(9-11-17)20-18(22)19-13-12-15-6-4-3-5-7-15/h6,8-11,21H,2-5,7,12-14H2,1H3,(H2,19,20,22). The molecule has 0 unspecified atom stereocenters. The number of hydrogen-bond donors (Lipinski definition) is 3. The molecule has 3 N–H and O–H groups in total. The summed E-state index contributed by atoms with van der Waals surface area (Å²) < 4.78 is 25.9.